The van der Waals surface area contributed by atoms with Crippen LogP contribution in [0.25, 0.3) is 0 Å². The lowest BCUT2D eigenvalue weighted by Crippen LogP contribution is -2.05. The first-order valence-electron chi connectivity index (χ1n) is 3.70. The second-order valence-electron chi connectivity index (χ2n) is 2.64. The fourth-order valence-corrected chi connectivity index (χ4v) is 1.01. The molecule has 0 unspecified atom stereocenters. The van der Waals surface area contributed by atoms with Gasteiger partial charge in [0.1, 0.15) is 5.56 Å². The lowest BCUT2D eigenvalue weighted by atomic mass is 10.1. The van der Waals surface area contributed by atoms with E-state index < -0.39 is 38.6 Å². The first-order chi connectivity index (χ1) is 7.34. The topological polar surface area (TPSA) is 124 Å². The molecule has 0 spiro atoms. The van der Waals surface area contributed by atoms with Crippen LogP contribution < -0.4 is 0 Å². The molecule has 0 aromatic heterocycles. The average Bonchev–Trinajstić information content (AvgIpc) is 2.15. The highest BCUT2D eigenvalue weighted by atomic mass is 19.1. The van der Waals surface area contributed by atoms with Gasteiger partial charge in [-0.2, -0.15) is 4.39 Å². The average molecular weight is 230 g/mol. The summed E-state index contributed by atoms with van der Waals surface area (Å²) in [5, 5.41) is 29.2. The molecule has 0 amide bonds. The molecule has 1 rings (SSSR count). The predicted octanol–water partition coefficient (Wildman–Crippen LogP) is 1.34. The zero-order valence-corrected chi connectivity index (χ0v) is 7.42. The molecular formula is C7H3FN2O6. The molecule has 0 bridgehead atoms. The molecule has 0 radical (unpaired) electrons. The van der Waals surface area contributed by atoms with Crippen molar-refractivity contribution in [1.29, 1.82) is 0 Å². The maximum absolute atomic E-state index is 13.0. The quantitative estimate of drug-likeness (QED) is 0.617. The van der Waals surface area contributed by atoms with Gasteiger partial charge in [0.05, 0.1) is 15.9 Å². The van der Waals surface area contributed by atoms with Crippen LogP contribution in [0.1, 0.15) is 10.4 Å². The maximum atomic E-state index is 13.0. The molecule has 0 aliphatic heterocycles. The third-order valence-electron chi connectivity index (χ3n) is 1.69. The monoisotopic (exact) mass is 230 g/mol. The molecule has 0 saturated carbocycles. The van der Waals surface area contributed by atoms with Crippen molar-refractivity contribution in [2.75, 3.05) is 0 Å². The minimum atomic E-state index is -1.74. The summed E-state index contributed by atoms with van der Waals surface area (Å²) < 4.78 is 13.0. The fraction of sp³-hybridized carbons (Fsp3) is 0. The highest BCUT2D eigenvalue weighted by Gasteiger charge is 2.27. The second-order valence-corrected chi connectivity index (χ2v) is 2.64. The van der Waals surface area contributed by atoms with Gasteiger partial charge in [-0.05, 0) is 0 Å². The van der Waals surface area contributed by atoms with E-state index in [9.17, 15) is 29.4 Å². The number of carbonyl (C=O) groups is 1. The highest BCUT2D eigenvalue weighted by Crippen LogP contribution is 2.27. The van der Waals surface area contributed by atoms with E-state index in [2.05, 4.69) is 0 Å². The van der Waals surface area contributed by atoms with Crippen LogP contribution in [0, 0.1) is 26.0 Å². The Morgan fingerprint density at radius 2 is 1.69 bits per heavy atom. The Balaban J connectivity index is 3.55. The number of carboxylic acids is 1. The van der Waals surface area contributed by atoms with Crippen molar-refractivity contribution >= 4 is 17.3 Å². The van der Waals surface area contributed by atoms with Gasteiger partial charge in [-0.3, -0.25) is 20.2 Å². The molecule has 8 nitrogen and oxygen atoms in total. The second kappa shape index (κ2) is 3.88. The molecule has 0 fully saturated rings. The lowest BCUT2D eigenvalue weighted by molar-refractivity contribution is -0.396. The van der Waals surface area contributed by atoms with Crippen LogP contribution >= 0.6 is 0 Å². The Morgan fingerprint density at radius 1 is 1.19 bits per heavy atom. The number of carboxylic acid groups (broad SMARTS) is 1. The van der Waals surface area contributed by atoms with E-state index in [1.54, 1.807) is 0 Å². The minimum absolute atomic E-state index is 0.249. The van der Waals surface area contributed by atoms with Crippen LogP contribution in [0.2, 0.25) is 0 Å². The maximum Gasteiger partial charge on any atom is 0.342 e. The lowest BCUT2D eigenvalue weighted by Gasteiger charge is -1.99. The molecular weight excluding hydrogens is 227 g/mol. The van der Waals surface area contributed by atoms with Gasteiger partial charge >= 0.3 is 11.7 Å². The number of nitrogens with zero attached hydrogens (tertiary/aromatic N) is 2. The Bertz CT molecular complexity index is 500. The van der Waals surface area contributed by atoms with Crippen LogP contribution in [0.5, 0.6) is 0 Å². The number of hydrogen-bond donors (Lipinski definition) is 1. The summed E-state index contributed by atoms with van der Waals surface area (Å²) in [7, 11) is 0. The van der Waals surface area contributed by atoms with E-state index in [1.807, 2.05) is 0 Å². The fourth-order valence-electron chi connectivity index (χ4n) is 1.01. The predicted molar refractivity (Wildman–Crippen MR) is 46.7 cm³/mol. The minimum Gasteiger partial charge on any atom is -0.477 e. The Kier molecular flexibility index (Phi) is 2.79. The molecule has 0 heterocycles. The third-order valence-corrected chi connectivity index (χ3v) is 1.69. The zero-order chi connectivity index (χ0) is 12.5. The van der Waals surface area contributed by atoms with Gasteiger partial charge in [0.25, 0.3) is 5.69 Å². The molecule has 0 aliphatic rings. The van der Waals surface area contributed by atoms with Gasteiger partial charge in [0.2, 0.25) is 5.82 Å². The number of benzene rings is 1. The summed E-state index contributed by atoms with van der Waals surface area (Å²) in [6, 6.07) is 0.525. The highest BCUT2D eigenvalue weighted by molar-refractivity contribution is 5.92. The summed E-state index contributed by atoms with van der Waals surface area (Å²) in [4.78, 5) is 28.9. The molecule has 16 heavy (non-hydrogen) atoms. The third kappa shape index (κ3) is 1.92. The zero-order valence-electron chi connectivity index (χ0n) is 7.42. The SMILES string of the molecule is O=C(O)c1cc(F)c([N+](=O)[O-])cc1[N+](=O)[O-]. The van der Waals surface area contributed by atoms with E-state index >= 15 is 0 Å². The number of nitro benzene ring substituents is 2. The number of halogens is 1. The first-order valence-corrected chi connectivity index (χ1v) is 3.70. The Hall–Kier alpha value is -2.58. The number of nitro groups is 2. The van der Waals surface area contributed by atoms with Crippen LogP contribution in [0.4, 0.5) is 15.8 Å². The van der Waals surface area contributed by atoms with E-state index in [0.717, 1.165) is 0 Å². The van der Waals surface area contributed by atoms with Crippen molar-refractivity contribution in [3.8, 4) is 0 Å². The summed E-state index contributed by atoms with van der Waals surface area (Å²) in [6.45, 7) is 0. The van der Waals surface area contributed by atoms with E-state index in [4.69, 9.17) is 5.11 Å². The normalized spacial score (nSPS) is 9.81. The number of hydrogen-bond acceptors (Lipinski definition) is 5. The summed E-state index contributed by atoms with van der Waals surface area (Å²) in [6.07, 6.45) is 0. The number of rotatable bonds is 3. The molecule has 9 heteroatoms. The van der Waals surface area contributed by atoms with Gasteiger partial charge in [-0.25, -0.2) is 4.79 Å². The van der Waals surface area contributed by atoms with Crippen molar-refractivity contribution in [3.63, 3.8) is 0 Å². The van der Waals surface area contributed by atoms with E-state index in [-0.39, 0.29) is 12.1 Å². The largest absolute Gasteiger partial charge is 0.477 e. The molecule has 0 atom stereocenters. The molecule has 0 aliphatic carbocycles. The van der Waals surface area contributed by atoms with Crippen molar-refractivity contribution in [1.82, 2.24) is 0 Å². The molecule has 0 saturated heterocycles. The first kappa shape index (κ1) is 11.5. The summed E-state index contributed by atoms with van der Waals surface area (Å²) >= 11 is 0. The smallest absolute Gasteiger partial charge is 0.342 e. The summed E-state index contributed by atoms with van der Waals surface area (Å²) in [5.74, 6) is -3.17. The van der Waals surface area contributed by atoms with Crippen LogP contribution in [0.15, 0.2) is 12.1 Å². The van der Waals surface area contributed by atoms with Gasteiger partial charge in [-0.15, -0.1) is 0 Å². The van der Waals surface area contributed by atoms with E-state index in [1.165, 1.54) is 0 Å². The molecule has 84 valence electrons. The Morgan fingerprint density at radius 3 is 2.06 bits per heavy atom. The summed E-state index contributed by atoms with van der Waals surface area (Å²) in [5.41, 5.74) is -3.11. The molecule has 1 aromatic carbocycles. The molecule has 1 aromatic rings. The van der Waals surface area contributed by atoms with Crippen molar-refractivity contribution in [2.45, 2.75) is 0 Å². The van der Waals surface area contributed by atoms with Crippen LogP contribution in [0.3, 0.4) is 0 Å². The number of aromatic carboxylic acids is 1. The Labute approximate surface area is 86.2 Å². The van der Waals surface area contributed by atoms with Gasteiger partial charge in [-0.1, -0.05) is 0 Å². The van der Waals surface area contributed by atoms with Crippen molar-refractivity contribution < 1.29 is 24.1 Å². The standard InChI is InChI=1S/C7H3FN2O6/c8-4-1-3(7(11)12)5(9(13)14)2-6(4)10(15)16/h1-2H,(H,11,12). The van der Waals surface area contributed by atoms with Gasteiger partial charge in [0.15, 0.2) is 0 Å². The molecule has 1 N–H and O–H groups in total. The van der Waals surface area contributed by atoms with Gasteiger partial charge < -0.3 is 5.11 Å². The van der Waals surface area contributed by atoms with E-state index in [0.29, 0.717) is 0 Å². The van der Waals surface area contributed by atoms with Crippen molar-refractivity contribution in [3.05, 3.63) is 43.7 Å². The van der Waals surface area contributed by atoms with Crippen LogP contribution in [-0.4, -0.2) is 20.9 Å². The van der Waals surface area contributed by atoms with Crippen LogP contribution in [-0.2, 0) is 0 Å². The van der Waals surface area contributed by atoms with Gasteiger partial charge in [0, 0.05) is 6.07 Å². The van der Waals surface area contributed by atoms with Crippen molar-refractivity contribution in [2.24, 2.45) is 0 Å².